The number of aryl methyl sites for hydroxylation is 1. The molecule has 1 amide bonds. The first-order valence-corrected chi connectivity index (χ1v) is 7.28. The normalized spacial score (nSPS) is 12.1. The molecule has 2 aromatic rings. The van der Waals surface area contributed by atoms with E-state index in [0.29, 0.717) is 0 Å². The first-order valence-electron chi connectivity index (χ1n) is 7.28. The molecular formula is C19H21NO2. The lowest BCUT2D eigenvalue weighted by Gasteiger charge is -2.16. The van der Waals surface area contributed by atoms with E-state index in [4.69, 9.17) is 4.74 Å². The SMILES string of the molecule is COc1ccccc1[C@H](C)NC(=O)/C=C/c1ccc(C)cc1. The minimum absolute atomic E-state index is 0.119. The molecule has 0 saturated heterocycles. The third-order valence-corrected chi connectivity index (χ3v) is 3.47. The monoisotopic (exact) mass is 295 g/mol. The van der Waals surface area contributed by atoms with E-state index in [1.165, 1.54) is 5.56 Å². The van der Waals surface area contributed by atoms with Crippen molar-refractivity contribution in [2.75, 3.05) is 7.11 Å². The van der Waals surface area contributed by atoms with Crippen molar-refractivity contribution < 1.29 is 9.53 Å². The Bertz CT molecular complexity index is 659. The van der Waals surface area contributed by atoms with Gasteiger partial charge in [-0.15, -0.1) is 0 Å². The average molecular weight is 295 g/mol. The van der Waals surface area contributed by atoms with Gasteiger partial charge < -0.3 is 10.1 Å². The summed E-state index contributed by atoms with van der Waals surface area (Å²) in [5, 5.41) is 2.95. The molecule has 2 rings (SSSR count). The highest BCUT2D eigenvalue weighted by Gasteiger charge is 2.11. The van der Waals surface area contributed by atoms with Gasteiger partial charge in [0.05, 0.1) is 13.2 Å². The van der Waals surface area contributed by atoms with E-state index in [2.05, 4.69) is 5.32 Å². The first-order chi connectivity index (χ1) is 10.6. The fourth-order valence-corrected chi connectivity index (χ4v) is 2.21. The summed E-state index contributed by atoms with van der Waals surface area (Å²) in [6, 6.07) is 15.6. The lowest BCUT2D eigenvalue weighted by atomic mass is 10.1. The van der Waals surface area contributed by atoms with Crippen LogP contribution in [0.1, 0.15) is 29.7 Å². The molecule has 1 N–H and O–H groups in total. The highest BCUT2D eigenvalue weighted by Crippen LogP contribution is 2.24. The van der Waals surface area contributed by atoms with Gasteiger partial charge in [-0.05, 0) is 31.6 Å². The van der Waals surface area contributed by atoms with Gasteiger partial charge in [0, 0.05) is 11.6 Å². The number of carbonyl (C=O) groups excluding carboxylic acids is 1. The molecule has 0 heterocycles. The zero-order valence-electron chi connectivity index (χ0n) is 13.2. The van der Waals surface area contributed by atoms with Crippen LogP contribution in [-0.4, -0.2) is 13.0 Å². The second-order valence-electron chi connectivity index (χ2n) is 5.22. The van der Waals surface area contributed by atoms with Crippen molar-refractivity contribution in [2.45, 2.75) is 19.9 Å². The van der Waals surface area contributed by atoms with Gasteiger partial charge in [-0.1, -0.05) is 48.0 Å². The summed E-state index contributed by atoms with van der Waals surface area (Å²) < 4.78 is 5.32. The van der Waals surface area contributed by atoms with Gasteiger partial charge in [-0.2, -0.15) is 0 Å². The lowest BCUT2D eigenvalue weighted by Crippen LogP contribution is -2.24. The molecule has 2 aromatic carbocycles. The third kappa shape index (κ3) is 4.22. The van der Waals surface area contributed by atoms with Gasteiger partial charge in [-0.25, -0.2) is 0 Å². The van der Waals surface area contributed by atoms with Crippen molar-refractivity contribution >= 4 is 12.0 Å². The maximum atomic E-state index is 12.0. The van der Waals surface area contributed by atoms with E-state index in [1.54, 1.807) is 13.2 Å². The number of rotatable bonds is 5. The van der Waals surface area contributed by atoms with Gasteiger partial charge >= 0.3 is 0 Å². The van der Waals surface area contributed by atoms with E-state index in [0.717, 1.165) is 16.9 Å². The largest absolute Gasteiger partial charge is 0.496 e. The molecule has 0 unspecified atom stereocenters. The van der Waals surface area contributed by atoms with Crippen LogP contribution in [0.5, 0.6) is 5.75 Å². The highest BCUT2D eigenvalue weighted by molar-refractivity contribution is 5.92. The number of para-hydroxylation sites is 1. The highest BCUT2D eigenvalue weighted by atomic mass is 16.5. The van der Waals surface area contributed by atoms with Crippen LogP contribution in [0.4, 0.5) is 0 Å². The predicted octanol–water partition coefficient (Wildman–Crippen LogP) is 3.89. The van der Waals surface area contributed by atoms with Crippen molar-refractivity contribution in [3.63, 3.8) is 0 Å². The van der Waals surface area contributed by atoms with Crippen molar-refractivity contribution in [1.82, 2.24) is 5.32 Å². The molecule has 0 aliphatic heterocycles. The average Bonchev–Trinajstić information content (AvgIpc) is 2.54. The third-order valence-electron chi connectivity index (χ3n) is 3.47. The second-order valence-corrected chi connectivity index (χ2v) is 5.22. The molecule has 3 nitrogen and oxygen atoms in total. The van der Waals surface area contributed by atoms with Crippen molar-refractivity contribution in [2.24, 2.45) is 0 Å². The standard InChI is InChI=1S/C19H21NO2/c1-14-8-10-16(11-9-14)12-13-19(21)20-15(2)17-6-4-5-7-18(17)22-3/h4-13,15H,1-3H3,(H,20,21)/b13-12+/t15-/m0/s1. The van der Waals surface area contributed by atoms with Crippen LogP contribution in [0, 0.1) is 6.92 Å². The number of ether oxygens (including phenoxy) is 1. The molecule has 3 heteroatoms. The van der Waals surface area contributed by atoms with E-state index in [9.17, 15) is 4.79 Å². The maximum absolute atomic E-state index is 12.0. The van der Waals surface area contributed by atoms with Crippen LogP contribution in [0.3, 0.4) is 0 Å². The van der Waals surface area contributed by atoms with Crippen LogP contribution in [0.15, 0.2) is 54.6 Å². The molecular weight excluding hydrogens is 274 g/mol. The molecule has 114 valence electrons. The van der Waals surface area contributed by atoms with Crippen molar-refractivity contribution in [3.05, 3.63) is 71.3 Å². The Morgan fingerprint density at radius 1 is 1.14 bits per heavy atom. The minimum atomic E-state index is -0.126. The van der Waals surface area contributed by atoms with Crippen LogP contribution in [0.25, 0.3) is 6.08 Å². The number of amides is 1. The van der Waals surface area contributed by atoms with E-state index < -0.39 is 0 Å². The summed E-state index contributed by atoms with van der Waals surface area (Å²) in [4.78, 5) is 12.0. The summed E-state index contributed by atoms with van der Waals surface area (Å²) in [7, 11) is 1.63. The van der Waals surface area contributed by atoms with Crippen LogP contribution in [-0.2, 0) is 4.79 Å². The maximum Gasteiger partial charge on any atom is 0.244 e. The van der Waals surface area contributed by atoms with E-state index in [-0.39, 0.29) is 11.9 Å². The van der Waals surface area contributed by atoms with Crippen LogP contribution >= 0.6 is 0 Å². The Morgan fingerprint density at radius 3 is 2.50 bits per heavy atom. The fraction of sp³-hybridized carbons (Fsp3) is 0.211. The quantitative estimate of drug-likeness (QED) is 0.850. The summed E-state index contributed by atoms with van der Waals surface area (Å²) in [5.74, 6) is 0.650. The Balaban J connectivity index is 2.00. The van der Waals surface area contributed by atoms with Gasteiger partial charge in [0.2, 0.25) is 5.91 Å². The van der Waals surface area contributed by atoms with Gasteiger partial charge in [-0.3, -0.25) is 4.79 Å². The predicted molar refractivity (Wildman–Crippen MR) is 89.8 cm³/mol. The Hall–Kier alpha value is -2.55. The summed E-state index contributed by atoms with van der Waals surface area (Å²) >= 11 is 0. The smallest absolute Gasteiger partial charge is 0.244 e. The van der Waals surface area contributed by atoms with Crippen molar-refractivity contribution in [3.8, 4) is 5.75 Å². The molecule has 0 bridgehead atoms. The molecule has 0 aromatic heterocycles. The lowest BCUT2D eigenvalue weighted by molar-refractivity contribution is -0.117. The number of hydrogen-bond acceptors (Lipinski definition) is 2. The van der Waals surface area contributed by atoms with Gasteiger partial charge in [0.15, 0.2) is 0 Å². The molecule has 0 aliphatic carbocycles. The van der Waals surface area contributed by atoms with Crippen LogP contribution in [0.2, 0.25) is 0 Å². The number of nitrogens with one attached hydrogen (secondary N) is 1. The van der Waals surface area contributed by atoms with Crippen molar-refractivity contribution in [1.29, 1.82) is 0 Å². The zero-order valence-corrected chi connectivity index (χ0v) is 13.2. The second kappa shape index (κ2) is 7.46. The molecule has 0 aliphatic rings. The van der Waals surface area contributed by atoms with Gasteiger partial charge in [0.1, 0.15) is 5.75 Å². The molecule has 0 fully saturated rings. The first kappa shape index (κ1) is 15.8. The zero-order chi connectivity index (χ0) is 15.9. The van der Waals surface area contributed by atoms with Gasteiger partial charge in [0.25, 0.3) is 0 Å². The Kier molecular flexibility index (Phi) is 5.37. The van der Waals surface area contributed by atoms with Crippen LogP contribution < -0.4 is 10.1 Å². The number of carbonyl (C=O) groups is 1. The minimum Gasteiger partial charge on any atom is -0.496 e. The number of methoxy groups -OCH3 is 1. The molecule has 0 radical (unpaired) electrons. The summed E-state index contributed by atoms with van der Waals surface area (Å²) in [6.07, 6.45) is 3.36. The molecule has 1 atom stereocenters. The molecule has 22 heavy (non-hydrogen) atoms. The Labute approximate surface area is 131 Å². The number of benzene rings is 2. The van der Waals surface area contributed by atoms with E-state index >= 15 is 0 Å². The Morgan fingerprint density at radius 2 is 1.82 bits per heavy atom. The molecule has 0 saturated carbocycles. The molecule has 0 spiro atoms. The van der Waals surface area contributed by atoms with E-state index in [1.807, 2.05) is 68.5 Å². The summed E-state index contributed by atoms with van der Waals surface area (Å²) in [6.45, 7) is 3.98. The topological polar surface area (TPSA) is 38.3 Å². The fourth-order valence-electron chi connectivity index (χ4n) is 2.21. The number of hydrogen-bond donors (Lipinski definition) is 1. The summed E-state index contributed by atoms with van der Waals surface area (Å²) in [5.41, 5.74) is 3.17.